The zero-order valence-electron chi connectivity index (χ0n) is 79.7. The highest BCUT2D eigenvalue weighted by Gasteiger charge is 2.38. The summed E-state index contributed by atoms with van der Waals surface area (Å²) in [7, 11) is 0. The van der Waals surface area contributed by atoms with Crippen LogP contribution in [0.4, 0.5) is 0 Å². The number of thiophene rings is 1. The van der Waals surface area contributed by atoms with Crippen LogP contribution in [0.2, 0.25) is 0 Å². The monoisotopic (exact) mass is 1870 g/mol. The number of hydrogen-bond donors (Lipinski definition) is 0. The SMILES string of the molecule is CC1(C)c2ccccc2-c2cc(-c3nc(-c4ccccc4)nc(-c4ccc5ccc6c(ccc7c8ccccc8ccc76)c5c4)n3)ccc21.CC1(C)c2ccccc2-c2ccc(-c3nc(-c4ccccc4)nc(-c4ccc5ccc6c(ccc7c8ccccc8ccc76)c5c4)n3)cc21.c1ccc(-c2nc(-c3ccc4c(c3)sc3ccccc34)nc(-c3ccc4ccc5c(ccc6c7ccccc7ccc65)c4c3)n2)cc1. The van der Waals surface area contributed by atoms with E-state index >= 15 is 0 Å². The molecule has 0 atom stereocenters. The third-order valence-corrected chi connectivity index (χ3v) is 31.5. The maximum atomic E-state index is 5.17. The number of aromatic nitrogens is 9. The van der Waals surface area contributed by atoms with Crippen LogP contribution in [-0.4, -0.2) is 44.9 Å². The van der Waals surface area contributed by atoms with Crippen molar-refractivity contribution in [2.75, 3.05) is 0 Å². The third-order valence-electron chi connectivity index (χ3n) is 30.3. The van der Waals surface area contributed by atoms with Gasteiger partial charge in [0.25, 0.3) is 0 Å². The van der Waals surface area contributed by atoms with Crippen molar-refractivity contribution in [3.05, 3.63) is 477 Å². The maximum Gasteiger partial charge on any atom is 0.164 e. The minimum atomic E-state index is -0.115. The molecule has 4 heterocycles. The van der Waals surface area contributed by atoms with Crippen LogP contribution < -0.4 is 0 Å². The Balaban J connectivity index is 0.000000106. The number of rotatable bonds is 9. The van der Waals surface area contributed by atoms with E-state index in [2.05, 4.69) is 428 Å². The molecule has 0 saturated heterocycles. The molecular formula is C135H87N9S. The smallest absolute Gasteiger partial charge is 0.164 e. The highest BCUT2D eigenvalue weighted by Crippen LogP contribution is 2.53. The van der Waals surface area contributed by atoms with Crippen LogP contribution in [0.25, 0.3) is 274 Å². The van der Waals surface area contributed by atoms with E-state index in [-0.39, 0.29) is 10.8 Å². The Kier molecular flexibility index (Phi) is 19.7. The molecule has 28 aromatic rings. The van der Waals surface area contributed by atoms with E-state index in [1.807, 2.05) is 54.6 Å². The Bertz CT molecular complexity index is 10300. The summed E-state index contributed by atoms with van der Waals surface area (Å²) in [6.07, 6.45) is 0. The zero-order valence-corrected chi connectivity index (χ0v) is 80.6. The van der Waals surface area contributed by atoms with Crippen molar-refractivity contribution in [1.82, 2.24) is 44.9 Å². The van der Waals surface area contributed by atoms with Crippen molar-refractivity contribution < 1.29 is 0 Å². The zero-order chi connectivity index (χ0) is 96.3. The van der Waals surface area contributed by atoms with Gasteiger partial charge in [0.1, 0.15) is 0 Å². The van der Waals surface area contributed by atoms with Gasteiger partial charge in [0.2, 0.25) is 0 Å². The van der Waals surface area contributed by atoms with Gasteiger partial charge in [-0.15, -0.1) is 11.3 Å². The lowest BCUT2D eigenvalue weighted by Crippen LogP contribution is -2.15. The Labute approximate surface area is 840 Å². The largest absolute Gasteiger partial charge is 0.208 e. The predicted molar refractivity (Wildman–Crippen MR) is 606 cm³/mol. The van der Waals surface area contributed by atoms with Crippen molar-refractivity contribution in [3.63, 3.8) is 0 Å². The summed E-state index contributed by atoms with van der Waals surface area (Å²) in [5.41, 5.74) is 19.0. The lowest BCUT2D eigenvalue weighted by molar-refractivity contribution is 0.660. The molecule has 678 valence electrons. The summed E-state index contributed by atoms with van der Waals surface area (Å²) in [6, 6.07) is 163. The molecule has 10 heteroatoms. The molecule has 30 rings (SSSR count). The standard InChI is InChI=1S/2C46H31N3.C43H25N3S/c1-46(2)41-15-9-8-14-38(41)40-27-32(20-25-42(40)46)45-48-43(30-11-4-3-5-12-30)47-44(49-45)31-17-16-29-19-22-36-35-21-18-28-10-6-7-13-33(28)34(35)23-24-37(36)39(29)26-31;1-46(2)41-15-9-8-14-38(41)39-23-20-32(27-42(39)46)45-48-43(30-11-4-3-5-12-30)47-44(49-45)31-17-16-29-19-22-36-35-21-18-28-10-6-7-13-33(28)34(35)24-25-37(36)40(29)26-31;1-2-9-28(10-3-1)41-44-42(46-43(45-41)30-18-21-37-36-12-6-7-13-39(36)47-40(37)25-30)29-15-14-27-17-20-34-33-19-16-26-8-4-5-11-31(26)32(33)22-23-35(34)38(27)24-29/h2*3-27H,1-2H3;1-25H. The Morgan fingerprint density at radius 2 is 0.372 bits per heavy atom. The van der Waals surface area contributed by atoms with Crippen molar-refractivity contribution in [2.24, 2.45) is 0 Å². The quantitative estimate of drug-likeness (QED) is 0.130. The Hall–Kier alpha value is -18.4. The Morgan fingerprint density at radius 1 is 0.138 bits per heavy atom. The van der Waals surface area contributed by atoms with E-state index in [4.69, 9.17) is 44.9 Å². The molecule has 0 bridgehead atoms. The van der Waals surface area contributed by atoms with Crippen molar-refractivity contribution in [3.8, 4) is 125 Å². The summed E-state index contributed by atoms with van der Waals surface area (Å²) in [4.78, 5) is 45.8. The first-order valence-corrected chi connectivity index (χ1v) is 50.3. The summed E-state index contributed by atoms with van der Waals surface area (Å²) in [5, 5.41) is 32.3. The van der Waals surface area contributed by atoms with Gasteiger partial charge in [-0.3, -0.25) is 0 Å². The molecule has 0 amide bonds. The fraction of sp³-hybridized carbons (Fsp3) is 0.0444. The number of nitrogens with zero attached hydrogens (tertiary/aromatic N) is 9. The summed E-state index contributed by atoms with van der Waals surface area (Å²) in [6.45, 7) is 9.22. The van der Waals surface area contributed by atoms with Crippen LogP contribution in [0.1, 0.15) is 49.9 Å². The van der Waals surface area contributed by atoms with Crippen molar-refractivity contribution in [1.29, 1.82) is 0 Å². The summed E-state index contributed by atoms with van der Waals surface area (Å²) < 4.78 is 2.51. The first-order valence-electron chi connectivity index (χ1n) is 49.5. The van der Waals surface area contributed by atoms with Crippen LogP contribution in [0.3, 0.4) is 0 Å². The number of hydrogen-bond acceptors (Lipinski definition) is 10. The predicted octanol–water partition coefficient (Wildman–Crippen LogP) is 35.4. The van der Waals surface area contributed by atoms with E-state index in [1.54, 1.807) is 11.3 Å². The minimum absolute atomic E-state index is 0.0593. The van der Waals surface area contributed by atoms with Gasteiger partial charge in [0.05, 0.1) is 0 Å². The molecule has 2 aliphatic carbocycles. The van der Waals surface area contributed by atoms with E-state index in [1.165, 1.54) is 194 Å². The molecule has 0 unspecified atom stereocenters. The van der Waals surface area contributed by atoms with Gasteiger partial charge in [0.15, 0.2) is 52.4 Å². The molecule has 0 aliphatic heterocycles. The van der Waals surface area contributed by atoms with Gasteiger partial charge in [-0.05, 0) is 216 Å². The van der Waals surface area contributed by atoms with Gasteiger partial charge in [-0.2, -0.15) is 0 Å². The molecule has 145 heavy (non-hydrogen) atoms. The second-order valence-electron chi connectivity index (χ2n) is 39.3. The molecular weight excluding hydrogens is 1780 g/mol. The first kappa shape index (κ1) is 84.7. The van der Waals surface area contributed by atoms with Crippen LogP contribution in [0.5, 0.6) is 0 Å². The molecule has 0 spiro atoms. The third kappa shape index (κ3) is 14.3. The topological polar surface area (TPSA) is 116 Å². The molecule has 0 fully saturated rings. The molecule has 2 aliphatic rings. The van der Waals surface area contributed by atoms with Gasteiger partial charge in [-0.25, -0.2) is 44.9 Å². The fourth-order valence-electron chi connectivity index (χ4n) is 22.9. The van der Waals surface area contributed by atoms with Crippen molar-refractivity contribution in [2.45, 2.75) is 38.5 Å². The Morgan fingerprint density at radius 3 is 0.772 bits per heavy atom. The van der Waals surface area contributed by atoms with Crippen LogP contribution >= 0.6 is 11.3 Å². The summed E-state index contributed by atoms with van der Waals surface area (Å²) >= 11 is 1.80. The second-order valence-corrected chi connectivity index (χ2v) is 40.4. The van der Waals surface area contributed by atoms with Crippen LogP contribution in [0, 0.1) is 0 Å². The molecule has 9 nitrogen and oxygen atoms in total. The van der Waals surface area contributed by atoms with Gasteiger partial charge in [0, 0.05) is 81.1 Å². The molecule has 0 saturated carbocycles. The highest BCUT2D eigenvalue weighted by molar-refractivity contribution is 7.25. The molecule has 24 aromatic carbocycles. The average Bonchev–Trinajstić information content (AvgIpc) is 0.920. The van der Waals surface area contributed by atoms with E-state index in [9.17, 15) is 0 Å². The van der Waals surface area contributed by atoms with Crippen molar-refractivity contribution >= 4 is 161 Å². The first-order chi connectivity index (χ1) is 71.3. The fourth-order valence-corrected chi connectivity index (χ4v) is 24.1. The average molecular weight is 1870 g/mol. The number of fused-ring (bicyclic) bond motifs is 30. The van der Waals surface area contributed by atoms with Crippen LogP contribution in [-0.2, 0) is 10.8 Å². The van der Waals surface area contributed by atoms with Gasteiger partial charge in [-0.1, -0.05) is 440 Å². The maximum absolute atomic E-state index is 5.17. The van der Waals surface area contributed by atoms with E-state index in [0.29, 0.717) is 52.4 Å². The van der Waals surface area contributed by atoms with E-state index in [0.717, 1.165) is 50.1 Å². The van der Waals surface area contributed by atoms with Crippen LogP contribution in [0.15, 0.2) is 455 Å². The normalized spacial score (nSPS) is 12.8. The second kappa shape index (κ2) is 33.7. The molecule has 0 N–H and O–H groups in total. The molecule has 0 radical (unpaired) electrons. The minimum Gasteiger partial charge on any atom is -0.208 e. The lowest BCUT2D eigenvalue weighted by atomic mass is 9.82. The molecule has 4 aromatic heterocycles. The van der Waals surface area contributed by atoms with Gasteiger partial charge >= 0.3 is 0 Å². The lowest BCUT2D eigenvalue weighted by Gasteiger charge is -2.21. The summed E-state index contributed by atoms with van der Waals surface area (Å²) in [5.74, 6) is 6.00. The number of benzene rings is 24. The highest BCUT2D eigenvalue weighted by atomic mass is 32.1. The van der Waals surface area contributed by atoms with E-state index < -0.39 is 0 Å². The van der Waals surface area contributed by atoms with Gasteiger partial charge < -0.3 is 0 Å².